The maximum Gasteiger partial charge on any atom is 0.258 e. The van der Waals surface area contributed by atoms with Crippen LogP contribution in [0.2, 0.25) is 0 Å². The van der Waals surface area contributed by atoms with Gasteiger partial charge in [0, 0.05) is 18.3 Å². The van der Waals surface area contributed by atoms with Gasteiger partial charge in [0.05, 0.1) is 0 Å². The van der Waals surface area contributed by atoms with Crippen molar-refractivity contribution in [3.63, 3.8) is 0 Å². The minimum Gasteiger partial charge on any atom is -0.508 e. The molecule has 0 spiro atoms. The van der Waals surface area contributed by atoms with Crippen molar-refractivity contribution in [1.29, 1.82) is 0 Å². The van der Waals surface area contributed by atoms with Crippen molar-refractivity contribution in [2.24, 2.45) is 0 Å². The molecule has 1 amide bonds. The van der Waals surface area contributed by atoms with Crippen LogP contribution in [0.5, 0.6) is 5.75 Å². The van der Waals surface area contributed by atoms with Crippen LogP contribution in [0.15, 0.2) is 36.4 Å². The summed E-state index contributed by atoms with van der Waals surface area (Å²) in [5.41, 5.74) is 4.33. The first-order valence-corrected chi connectivity index (χ1v) is 6.54. The van der Waals surface area contributed by atoms with Gasteiger partial charge in [0.2, 0.25) is 0 Å². The van der Waals surface area contributed by atoms with E-state index in [1.54, 1.807) is 31.0 Å². The number of amides is 1. The number of anilines is 1. The van der Waals surface area contributed by atoms with Crippen LogP contribution in [-0.4, -0.2) is 18.1 Å². The lowest BCUT2D eigenvalue weighted by Gasteiger charge is -2.19. The average molecular weight is 269 g/mol. The van der Waals surface area contributed by atoms with E-state index in [1.165, 1.54) is 6.07 Å². The summed E-state index contributed by atoms with van der Waals surface area (Å²) in [5, 5.41) is 9.72. The molecule has 0 atom stereocenters. The predicted molar refractivity (Wildman–Crippen MR) is 81.5 cm³/mol. The van der Waals surface area contributed by atoms with Gasteiger partial charge in [-0.1, -0.05) is 12.1 Å². The van der Waals surface area contributed by atoms with Gasteiger partial charge < -0.3 is 10.0 Å². The number of rotatable bonds is 2. The molecule has 2 rings (SSSR count). The number of phenolic OH excluding ortho intramolecular Hbond substituents is 1. The Balaban J connectivity index is 2.34. The van der Waals surface area contributed by atoms with Crippen molar-refractivity contribution in [3.8, 4) is 5.75 Å². The number of aryl methyl sites for hydroxylation is 3. The molecule has 0 saturated heterocycles. The van der Waals surface area contributed by atoms with Crippen molar-refractivity contribution >= 4 is 11.6 Å². The van der Waals surface area contributed by atoms with Crippen molar-refractivity contribution in [1.82, 2.24) is 0 Å². The molecule has 1 N–H and O–H groups in total. The summed E-state index contributed by atoms with van der Waals surface area (Å²) in [4.78, 5) is 14.0. The number of aromatic hydroxyl groups is 1. The molecule has 0 fully saturated rings. The molecule has 3 heteroatoms. The van der Waals surface area contributed by atoms with Gasteiger partial charge in [-0.15, -0.1) is 0 Å². The number of carbonyl (C=O) groups excluding carboxylic acids is 1. The highest BCUT2D eigenvalue weighted by atomic mass is 16.3. The van der Waals surface area contributed by atoms with E-state index in [2.05, 4.69) is 6.07 Å². The molecule has 0 aliphatic carbocycles. The first-order valence-electron chi connectivity index (χ1n) is 6.54. The van der Waals surface area contributed by atoms with Crippen LogP contribution in [-0.2, 0) is 0 Å². The van der Waals surface area contributed by atoms with Gasteiger partial charge in [-0.2, -0.15) is 0 Å². The van der Waals surface area contributed by atoms with E-state index in [9.17, 15) is 9.90 Å². The second-order valence-corrected chi connectivity index (χ2v) is 5.21. The molecular formula is C17H19NO2. The van der Waals surface area contributed by atoms with Gasteiger partial charge in [-0.3, -0.25) is 4.79 Å². The van der Waals surface area contributed by atoms with Gasteiger partial charge in [-0.25, -0.2) is 0 Å². The Kier molecular flexibility index (Phi) is 3.79. The fourth-order valence-corrected chi connectivity index (χ4v) is 2.20. The molecule has 0 aromatic heterocycles. The standard InChI is InChI=1S/C17H19NO2/c1-11-7-12(2)9-15(8-11)18(4)17(20)14-6-5-13(3)16(19)10-14/h5-10,19H,1-4H3. The van der Waals surface area contributed by atoms with Crippen LogP contribution in [0.4, 0.5) is 5.69 Å². The first kappa shape index (κ1) is 14.1. The van der Waals surface area contributed by atoms with Gasteiger partial charge in [0.1, 0.15) is 5.75 Å². The highest BCUT2D eigenvalue weighted by Crippen LogP contribution is 2.22. The summed E-state index contributed by atoms with van der Waals surface area (Å²) in [7, 11) is 1.74. The van der Waals surface area contributed by atoms with E-state index in [0.717, 1.165) is 22.4 Å². The number of carbonyl (C=O) groups is 1. The Morgan fingerprint density at radius 1 is 1.00 bits per heavy atom. The molecule has 0 aliphatic rings. The molecule has 0 saturated carbocycles. The second-order valence-electron chi connectivity index (χ2n) is 5.21. The van der Waals surface area contributed by atoms with Crippen molar-refractivity contribution in [2.45, 2.75) is 20.8 Å². The van der Waals surface area contributed by atoms with Gasteiger partial charge in [-0.05, 0) is 61.7 Å². The summed E-state index contributed by atoms with van der Waals surface area (Å²) in [6.07, 6.45) is 0. The summed E-state index contributed by atoms with van der Waals surface area (Å²) in [6.45, 7) is 5.82. The van der Waals surface area contributed by atoms with Gasteiger partial charge in [0.25, 0.3) is 5.91 Å². The maximum atomic E-state index is 12.4. The van der Waals surface area contributed by atoms with Gasteiger partial charge in [0.15, 0.2) is 0 Å². The lowest BCUT2D eigenvalue weighted by Crippen LogP contribution is -2.26. The quantitative estimate of drug-likeness (QED) is 0.905. The Morgan fingerprint density at radius 3 is 2.15 bits per heavy atom. The molecule has 0 aliphatic heterocycles. The fraction of sp³-hybridized carbons (Fsp3) is 0.235. The third kappa shape index (κ3) is 2.82. The second kappa shape index (κ2) is 5.37. The van der Waals surface area contributed by atoms with Crippen molar-refractivity contribution < 1.29 is 9.90 Å². The van der Waals surface area contributed by atoms with Crippen molar-refractivity contribution in [3.05, 3.63) is 58.7 Å². The molecule has 2 aromatic rings. The molecule has 0 radical (unpaired) electrons. The fourth-order valence-electron chi connectivity index (χ4n) is 2.20. The molecule has 0 bridgehead atoms. The molecule has 104 valence electrons. The van der Waals surface area contributed by atoms with E-state index in [0.29, 0.717) is 5.56 Å². The Hall–Kier alpha value is -2.29. The van der Waals surface area contributed by atoms with Crippen LogP contribution in [0.3, 0.4) is 0 Å². The molecule has 20 heavy (non-hydrogen) atoms. The smallest absolute Gasteiger partial charge is 0.258 e. The van der Waals surface area contributed by atoms with E-state index in [-0.39, 0.29) is 11.7 Å². The zero-order valence-corrected chi connectivity index (χ0v) is 12.3. The summed E-state index contributed by atoms with van der Waals surface area (Å²) in [6, 6.07) is 11.0. The highest BCUT2D eigenvalue weighted by Gasteiger charge is 2.15. The number of phenols is 1. The van der Waals surface area contributed by atoms with E-state index in [4.69, 9.17) is 0 Å². The molecule has 2 aromatic carbocycles. The number of hydrogen-bond acceptors (Lipinski definition) is 2. The lowest BCUT2D eigenvalue weighted by molar-refractivity contribution is 0.0992. The summed E-state index contributed by atoms with van der Waals surface area (Å²) in [5.74, 6) is 0.00923. The molecule has 0 heterocycles. The Bertz CT molecular complexity index is 642. The minimum absolute atomic E-state index is 0.134. The van der Waals surface area contributed by atoms with Gasteiger partial charge >= 0.3 is 0 Å². The SMILES string of the molecule is Cc1cc(C)cc(N(C)C(=O)c2ccc(C)c(O)c2)c1. The predicted octanol–water partition coefficient (Wildman–Crippen LogP) is 3.59. The number of hydrogen-bond donors (Lipinski definition) is 1. The zero-order valence-electron chi connectivity index (χ0n) is 12.3. The van der Waals surface area contributed by atoms with E-state index < -0.39 is 0 Å². The average Bonchev–Trinajstić information content (AvgIpc) is 2.39. The van der Waals surface area contributed by atoms with Crippen LogP contribution < -0.4 is 4.90 Å². The third-order valence-corrected chi connectivity index (χ3v) is 3.35. The number of nitrogens with zero attached hydrogens (tertiary/aromatic N) is 1. The van der Waals surface area contributed by atoms with Crippen LogP contribution >= 0.6 is 0 Å². The van der Waals surface area contributed by atoms with Crippen LogP contribution in [0.25, 0.3) is 0 Å². The molecule has 3 nitrogen and oxygen atoms in total. The monoisotopic (exact) mass is 269 g/mol. The summed E-state index contributed by atoms with van der Waals surface area (Å²) < 4.78 is 0. The first-order chi connectivity index (χ1) is 9.38. The normalized spacial score (nSPS) is 10.4. The Labute approximate surface area is 119 Å². The van der Waals surface area contributed by atoms with Crippen LogP contribution in [0.1, 0.15) is 27.0 Å². The molecular weight excluding hydrogens is 250 g/mol. The highest BCUT2D eigenvalue weighted by molar-refractivity contribution is 6.06. The third-order valence-electron chi connectivity index (χ3n) is 3.35. The van der Waals surface area contributed by atoms with E-state index >= 15 is 0 Å². The summed E-state index contributed by atoms with van der Waals surface area (Å²) >= 11 is 0. The lowest BCUT2D eigenvalue weighted by atomic mass is 10.1. The largest absolute Gasteiger partial charge is 0.508 e. The minimum atomic E-state index is -0.134. The van der Waals surface area contributed by atoms with E-state index in [1.807, 2.05) is 26.0 Å². The van der Waals surface area contributed by atoms with Crippen molar-refractivity contribution in [2.75, 3.05) is 11.9 Å². The maximum absolute atomic E-state index is 12.4. The van der Waals surface area contributed by atoms with Crippen LogP contribution in [0, 0.1) is 20.8 Å². The zero-order chi connectivity index (χ0) is 14.9. The number of benzene rings is 2. The topological polar surface area (TPSA) is 40.5 Å². The Morgan fingerprint density at radius 2 is 1.60 bits per heavy atom. The molecule has 0 unspecified atom stereocenters.